The molecule has 6 nitrogen and oxygen atoms in total. The van der Waals surface area contributed by atoms with Crippen molar-refractivity contribution in [3.63, 3.8) is 0 Å². The molecule has 0 aliphatic rings. The first kappa shape index (κ1) is 19.6. The van der Waals surface area contributed by atoms with E-state index in [4.69, 9.17) is 4.42 Å². The second-order valence-corrected chi connectivity index (χ2v) is 7.33. The van der Waals surface area contributed by atoms with E-state index in [0.29, 0.717) is 17.0 Å². The summed E-state index contributed by atoms with van der Waals surface area (Å²) in [4.78, 5) is 24.5. The second kappa shape index (κ2) is 7.48. The lowest BCUT2D eigenvalue weighted by molar-refractivity contribution is -0.136. The van der Waals surface area contributed by atoms with Gasteiger partial charge in [-0.1, -0.05) is 35.9 Å². The van der Waals surface area contributed by atoms with Gasteiger partial charge in [-0.25, -0.2) is 0 Å². The number of aryl methyl sites for hydroxylation is 3. The summed E-state index contributed by atoms with van der Waals surface area (Å²) < 4.78 is 5.66. The van der Waals surface area contributed by atoms with Crippen LogP contribution in [0, 0.1) is 20.8 Å². The third-order valence-electron chi connectivity index (χ3n) is 4.67. The number of carbonyl (C=O) groups excluding carboxylic acids is 2. The predicted octanol–water partition coefficient (Wildman–Crippen LogP) is 3.32. The van der Waals surface area contributed by atoms with Crippen molar-refractivity contribution in [1.82, 2.24) is 5.32 Å². The number of benzene rings is 2. The summed E-state index contributed by atoms with van der Waals surface area (Å²) in [5.74, 6) is -1.29. The largest absolute Gasteiger partial charge is 0.458 e. The van der Waals surface area contributed by atoms with Crippen LogP contribution in [0.2, 0.25) is 0 Å². The van der Waals surface area contributed by atoms with Crippen LogP contribution in [0.1, 0.15) is 29.4 Å². The number of aliphatic hydroxyl groups is 1. The Morgan fingerprint density at radius 2 is 1.68 bits per heavy atom. The molecule has 0 saturated heterocycles. The molecule has 6 heteroatoms. The first-order valence-electron chi connectivity index (χ1n) is 9.06. The lowest BCUT2D eigenvalue weighted by Crippen LogP contribution is -2.43. The number of hydrogen-bond donors (Lipinski definition) is 3. The Labute approximate surface area is 163 Å². The predicted molar refractivity (Wildman–Crippen MR) is 108 cm³/mol. The Bertz CT molecular complexity index is 994. The number of para-hydroxylation sites is 1. The Kier molecular flexibility index (Phi) is 5.25. The summed E-state index contributed by atoms with van der Waals surface area (Å²) in [6.07, 6.45) is 0. The Morgan fingerprint density at radius 3 is 2.32 bits per heavy atom. The van der Waals surface area contributed by atoms with E-state index in [2.05, 4.69) is 10.6 Å². The van der Waals surface area contributed by atoms with Crippen molar-refractivity contribution in [2.45, 2.75) is 33.3 Å². The van der Waals surface area contributed by atoms with E-state index in [1.165, 1.54) is 6.92 Å². The molecule has 0 spiro atoms. The maximum atomic E-state index is 12.3. The fraction of sp³-hybridized carbons (Fsp3) is 0.273. The highest BCUT2D eigenvalue weighted by Gasteiger charge is 2.29. The maximum Gasteiger partial charge on any atom is 0.313 e. The quantitative estimate of drug-likeness (QED) is 0.606. The number of fused-ring (bicyclic) bond motifs is 1. The van der Waals surface area contributed by atoms with Gasteiger partial charge in [0, 0.05) is 11.1 Å². The third kappa shape index (κ3) is 4.07. The van der Waals surface area contributed by atoms with Gasteiger partial charge in [0.2, 0.25) is 0 Å². The summed E-state index contributed by atoms with van der Waals surface area (Å²) in [5, 5.41) is 16.7. The fourth-order valence-corrected chi connectivity index (χ4v) is 3.21. The molecule has 0 aliphatic carbocycles. The zero-order chi connectivity index (χ0) is 20.5. The van der Waals surface area contributed by atoms with E-state index < -0.39 is 17.4 Å². The van der Waals surface area contributed by atoms with Crippen LogP contribution in [0.4, 0.5) is 5.69 Å². The lowest BCUT2D eigenvalue weighted by atomic mass is 10.0. The normalized spacial score (nSPS) is 13.2. The van der Waals surface area contributed by atoms with Crippen molar-refractivity contribution in [3.05, 3.63) is 64.9 Å². The van der Waals surface area contributed by atoms with Crippen LogP contribution >= 0.6 is 0 Å². The molecule has 3 N–H and O–H groups in total. The number of anilines is 1. The van der Waals surface area contributed by atoms with Crippen LogP contribution in [0.25, 0.3) is 11.0 Å². The van der Waals surface area contributed by atoms with Crippen LogP contribution in [0.5, 0.6) is 0 Å². The Hall–Kier alpha value is -3.12. The van der Waals surface area contributed by atoms with E-state index in [9.17, 15) is 14.7 Å². The van der Waals surface area contributed by atoms with Crippen molar-refractivity contribution >= 4 is 28.5 Å². The number of hydrogen-bond acceptors (Lipinski definition) is 4. The summed E-state index contributed by atoms with van der Waals surface area (Å²) in [6, 6.07) is 13.0. The van der Waals surface area contributed by atoms with Crippen molar-refractivity contribution in [2.75, 3.05) is 11.9 Å². The highest BCUT2D eigenvalue weighted by atomic mass is 16.4. The summed E-state index contributed by atoms with van der Waals surface area (Å²) in [5.41, 5.74) is 2.66. The molecular formula is C22H24N2O4. The minimum atomic E-state index is -1.45. The molecule has 1 atom stereocenters. The van der Waals surface area contributed by atoms with Crippen molar-refractivity contribution in [2.24, 2.45) is 0 Å². The van der Waals surface area contributed by atoms with Gasteiger partial charge in [0.15, 0.2) is 0 Å². The Morgan fingerprint density at radius 1 is 1.04 bits per heavy atom. The van der Waals surface area contributed by atoms with Crippen LogP contribution < -0.4 is 10.6 Å². The van der Waals surface area contributed by atoms with Gasteiger partial charge in [-0.05, 0) is 51.0 Å². The lowest BCUT2D eigenvalue weighted by Gasteiger charge is -2.21. The minimum absolute atomic E-state index is 0.162. The van der Waals surface area contributed by atoms with E-state index in [-0.39, 0.29) is 6.54 Å². The van der Waals surface area contributed by atoms with E-state index in [1.54, 1.807) is 12.1 Å². The van der Waals surface area contributed by atoms with Gasteiger partial charge in [0.1, 0.15) is 16.9 Å². The Balaban J connectivity index is 1.66. The molecule has 3 rings (SSSR count). The monoisotopic (exact) mass is 380 g/mol. The summed E-state index contributed by atoms with van der Waals surface area (Å²) in [6.45, 7) is 7.08. The highest BCUT2D eigenvalue weighted by Crippen LogP contribution is 2.27. The van der Waals surface area contributed by atoms with Gasteiger partial charge in [0.05, 0.1) is 6.54 Å². The molecular weight excluding hydrogens is 356 g/mol. The average Bonchev–Trinajstić information content (AvgIpc) is 3.07. The second-order valence-electron chi connectivity index (χ2n) is 7.33. The average molecular weight is 380 g/mol. The highest BCUT2D eigenvalue weighted by molar-refractivity contribution is 6.39. The van der Waals surface area contributed by atoms with Crippen molar-refractivity contribution < 1.29 is 19.1 Å². The van der Waals surface area contributed by atoms with Crippen LogP contribution in [-0.4, -0.2) is 23.5 Å². The topological polar surface area (TPSA) is 91.6 Å². The van der Waals surface area contributed by atoms with Crippen LogP contribution in [0.15, 0.2) is 46.9 Å². The minimum Gasteiger partial charge on any atom is -0.458 e. The molecule has 2 aromatic carbocycles. The molecule has 0 aliphatic heterocycles. The zero-order valence-electron chi connectivity index (χ0n) is 16.4. The maximum absolute atomic E-state index is 12.3. The van der Waals surface area contributed by atoms with Gasteiger partial charge in [-0.15, -0.1) is 0 Å². The molecule has 0 bridgehead atoms. The molecule has 2 amide bonds. The molecule has 146 valence electrons. The van der Waals surface area contributed by atoms with E-state index in [1.807, 2.05) is 51.1 Å². The molecule has 0 fully saturated rings. The zero-order valence-corrected chi connectivity index (χ0v) is 16.4. The molecule has 1 heterocycles. The number of amides is 2. The van der Waals surface area contributed by atoms with Crippen LogP contribution in [0.3, 0.4) is 0 Å². The van der Waals surface area contributed by atoms with Gasteiger partial charge in [-0.2, -0.15) is 0 Å². The smallest absolute Gasteiger partial charge is 0.313 e. The first-order chi connectivity index (χ1) is 13.2. The van der Waals surface area contributed by atoms with E-state index >= 15 is 0 Å². The molecule has 1 aromatic heterocycles. The van der Waals surface area contributed by atoms with Crippen molar-refractivity contribution in [1.29, 1.82) is 0 Å². The molecule has 28 heavy (non-hydrogen) atoms. The molecule has 0 radical (unpaired) electrons. The number of rotatable bonds is 4. The van der Waals surface area contributed by atoms with Gasteiger partial charge in [-0.3, -0.25) is 9.59 Å². The molecule has 0 saturated carbocycles. The van der Waals surface area contributed by atoms with E-state index in [0.717, 1.165) is 22.1 Å². The molecule has 1 unspecified atom stereocenters. The number of furan rings is 1. The van der Waals surface area contributed by atoms with Gasteiger partial charge >= 0.3 is 11.8 Å². The van der Waals surface area contributed by atoms with Crippen molar-refractivity contribution in [3.8, 4) is 0 Å². The third-order valence-corrected chi connectivity index (χ3v) is 4.67. The first-order valence-corrected chi connectivity index (χ1v) is 9.06. The summed E-state index contributed by atoms with van der Waals surface area (Å²) >= 11 is 0. The van der Waals surface area contributed by atoms with Gasteiger partial charge < -0.3 is 20.2 Å². The van der Waals surface area contributed by atoms with Gasteiger partial charge in [0.25, 0.3) is 0 Å². The summed E-state index contributed by atoms with van der Waals surface area (Å²) in [7, 11) is 0. The molecule has 3 aromatic rings. The number of nitrogens with one attached hydrogen (secondary N) is 2. The standard InChI is InChI=1S/C22H24N2O4/c1-13-9-14(2)19(15(3)10-13)24-21(26)20(25)23-12-22(4,27)18-11-16-7-5-6-8-17(16)28-18/h5-11,27H,12H2,1-4H3,(H,23,25)(H,24,26). The van der Waals surface area contributed by atoms with Crippen LogP contribution in [-0.2, 0) is 15.2 Å². The number of carbonyl (C=O) groups is 2. The fourth-order valence-electron chi connectivity index (χ4n) is 3.21. The SMILES string of the molecule is Cc1cc(C)c(NC(=O)C(=O)NCC(C)(O)c2cc3ccccc3o2)c(C)c1.